The molecule has 1 fully saturated rings. The molecule has 1 amide bonds. The van der Waals surface area contributed by atoms with Crippen LogP contribution in [0.25, 0.3) is 0 Å². The quantitative estimate of drug-likeness (QED) is 0.871. The summed E-state index contributed by atoms with van der Waals surface area (Å²) in [5.41, 5.74) is 2.69. The van der Waals surface area contributed by atoms with E-state index in [9.17, 15) is 4.79 Å². The van der Waals surface area contributed by atoms with Gasteiger partial charge in [0, 0.05) is 28.6 Å². The molecule has 0 saturated carbocycles. The van der Waals surface area contributed by atoms with E-state index < -0.39 is 0 Å². The Balaban J connectivity index is 1.63. The first kappa shape index (κ1) is 16.0. The Morgan fingerprint density at radius 3 is 2.52 bits per heavy atom. The van der Waals surface area contributed by atoms with E-state index in [1.54, 1.807) is 0 Å². The van der Waals surface area contributed by atoms with Crippen molar-refractivity contribution in [2.24, 2.45) is 0 Å². The number of carbonyl (C=O) groups excluding carboxylic acids is 1. The lowest BCUT2D eigenvalue weighted by Gasteiger charge is -2.10. The van der Waals surface area contributed by atoms with Crippen LogP contribution in [0.2, 0.25) is 0 Å². The zero-order valence-electron chi connectivity index (χ0n) is 13.2. The highest BCUT2D eigenvalue weighted by Crippen LogP contribution is 2.26. The van der Waals surface area contributed by atoms with Gasteiger partial charge in [0.2, 0.25) is 0 Å². The third-order valence-electron chi connectivity index (χ3n) is 3.51. The molecule has 0 spiro atoms. The van der Waals surface area contributed by atoms with Crippen molar-refractivity contribution in [3.63, 3.8) is 0 Å². The molecular weight excluding hydrogens is 310 g/mol. The first-order valence-electron chi connectivity index (χ1n) is 7.63. The van der Waals surface area contributed by atoms with Crippen molar-refractivity contribution in [2.45, 2.75) is 42.8 Å². The van der Waals surface area contributed by atoms with Crippen LogP contribution in [0.1, 0.15) is 24.2 Å². The summed E-state index contributed by atoms with van der Waals surface area (Å²) >= 11 is 1.51. The zero-order valence-corrected chi connectivity index (χ0v) is 14.0. The smallest absolute Gasteiger partial charge is 0.253 e. The van der Waals surface area contributed by atoms with Crippen molar-refractivity contribution in [2.75, 3.05) is 11.9 Å². The molecule has 1 saturated heterocycles. The second-order valence-electron chi connectivity index (χ2n) is 5.55. The summed E-state index contributed by atoms with van der Waals surface area (Å²) < 4.78 is 5.38. The van der Waals surface area contributed by atoms with Gasteiger partial charge in [0.15, 0.2) is 5.16 Å². The molecular formula is C17H19N3O2S. The van der Waals surface area contributed by atoms with Gasteiger partial charge in [-0.05, 0) is 68.8 Å². The molecule has 1 aliphatic heterocycles. The minimum atomic E-state index is -0.312. The molecule has 0 radical (unpaired) electrons. The van der Waals surface area contributed by atoms with Crippen LogP contribution in [-0.2, 0) is 9.53 Å². The summed E-state index contributed by atoms with van der Waals surface area (Å²) in [4.78, 5) is 21.9. The molecule has 23 heavy (non-hydrogen) atoms. The molecule has 2 heterocycles. The second-order valence-corrected chi connectivity index (χ2v) is 6.59. The SMILES string of the molecule is Cc1cc(C)nc(Sc2ccc(NC(=O)[C@@H]3CCCO3)cc2)n1. The molecule has 1 atom stereocenters. The number of hydrogen-bond acceptors (Lipinski definition) is 5. The Morgan fingerprint density at radius 1 is 1.22 bits per heavy atom. The molecule has 1 aromatic heterocycles. The van der Waals surface area contributed by atoms with Crippen LogP contribution in [0.3, 0.4) is 0 Å². The third-order valence-corrected chi connectivity index (χ3v) is 4.39. The summed E-state index contributed by atoms with van der Waals surface area (Å²) in [7, 11) is 0. The zero-order chi connectivity index (χ0) is 16.2. The fraction of sp³-hybridized carbons (Fsp3) is 0.353. The first-order chi connectivity index (χ1) is 11.1. The van der Waals surface area contributed by atoms with Crippen molar-refractivity contribution in [3.8, 4) is 0 Å². The van der Waals surface area contributed by atoms with Gasteiger partial charge in [-0.1, -0.05) is 0 Å². The molecule has 0 unspecified atom stereocenters. The number of nitrogens with zero attached hydrogens (tertiary/aromatic N) is 2. The predicted molar refractivity (Wildman–Crippen MR) is 89.7 cm³/mol. The molecule has 120 valence electrons. The van der Waals surface area contributed by atoms with Crippen LogP contribution in [0, 0.1) is 13.8 Å². The normalized spacial score (nSPS) is 17.2. The minimum Gasteiger partial charge on any atom is -0.368 e. The number of benzene rings is 1. The van der Waals surface area contributed by atoms with Crippen LogP contribution in [-0.4, -0.2) is 28.6 Å². The monoisotopic (exact) mass is 329 g/mol. The van der Waals surface area contributed by atoms with E-state index in [0.717, 1.165) is 40.0 Å². The fourth-order valence-corrected chi connectivity index (χ4v) is 3.32. The van der Waals surface area contributed by atoms with Crippen molar-refractivity contribution >= 4 is 23.4 Å². The summed E-state index contributed by atoms with van der Waals surface area (Å²) in [6.07, 6.45) is 1.43. The van der Waals surface area contributed by atoms with Crippen molar-refractivity contribution < 1.29 is 9.53 Å². The number of ether oxygens (including phenoxy) is 1. The summed E-state index contributed by atoms with van der Waals surface area (Å²) in [6, 6.07) is 9.64. The number of nitrogens with one attached hydrogen (secondary N) is 1. The van der Waals surface area contributed by atoms with E-state index in [1.165, 1.54) is 11.8 Å². The number of amides is 1. The number of aryl methyl sites for hydroxylation is 2. The van der Waals surface area contributed by atoms with E-state index in [1.807, 2.05) is 44.2 Å². The van der Waals surface area contributed by atoms with Crippen LogP contribution in [0.15, 0.2) is 40.4 Å². The lowest BCUT2D eigenvalue weighted by Crippen LogP contribution is -2.26. The largest absolute Gasteiger partial charge is 0.368 e. The van der Waals surface area contributed by atoms with Gasteiger partial charge in [-0.3, -0.25) is 4.79 Å². The molecule has 0 aliphatic carbocycles. The molecule has 1 N–H and O–H groups in total. The molecule has 1 aliphatic rings. The second kappa shape index (κ2) is 7.10. The maximum Gasteiger partial charge on any atom is 0.253 e. The Kier molecular flexibility index (Phi) is 4.93. The molecule has 5 nitrogen and oxygen atoms in total. The van der Waals surface area contributed by atoms with Gasteiger partial charge < -0.3 is 10.1 Å². The van der Waals surface area contributed by atoms with Gasteiger partial charge >= 0.3 is 0 Å². The van der Waals surface area contributed by atoms with Crippen LogP contribution < -0.4 is 5.32 Å². The van der Waals surface area contributed by atoms with E-state index >= 15 is 0 Å². The molecule has 0 bridgehead atoms. The van der Waals surface area contributed by atoms with Gasteiger partial charge in [0.1, 0.15) is 6.10 Å². The summed E-state index contributed by atoms with van der Waals surface area (Å²) in [5, 5.41) is 3.62. The van der Waals surface area contributed by atoms with Crippen LogP contribution >= 0.6 is 11.8 Å². The van der Waals surface area contributed by atoms with E-state index in [2.05, 4.69) is 15.3 Å². The highest BCUT2D eigenvalue weighted by molar-refractivity contribution is 7.99. The van der Waals surface area contributed by atoms with E-state index in [4.69, 9.17) is 4.74 Å². The van der Waals surface area contributed by atoms with E-state index in [-0.39, 0.29) is 12.0 Å². The number of carbonyl (C=O) groups is 1. The lowest BCUT2D eigenvalue weighted by molar-refractivity contribution is -0.124. The Labute approximate surface area is 139 Å². The fourth-order valence-electron chi connectivity index (χ4n) is 2.46. The average molecular weight is 329 g/mol. The molecule has 1 aromatic carbocycles. The number of hydrogen-bond donors (Lipinski definition) is 1. The topological polar surface area (TPSA) is 64.1 Å². The highest BCUT2D eigenvalue weighted by atomic mass is 32.2. The highest BCUT2D eigenvalue weighted by Gasteiger charge is 2.23. The maximum absolute atomic E-state index is 12.0. The Bertz CT molecular complexity index is 677. The van der Waals surface area contributed by atoms with Gasteiger partial charge in [-0.25, -0.2) is 9.97 Å². The summed E-state index contributed by atoms with van der Waals surface area (Å²) in [5.74, 6) is -0.0689. The van der Waals surface area contributed by atoms with Crippen molar-refractivity contribution in [3.05, 3.63) is 41.7 Å². The van der Waals surface area contributed by atoms with Crippen molar-refractivity contribution in [1.82, 2.24) is 9.97 Å². The standard InChI is InChI=1S/C17H19N3O2S/c1-11-10-12(2)19-17(18-11)23-14-7-5-13(6-8-14)20-16(21)15-4-3-9-22-15/h5-8,10,15H,3-4,9H2,1-2H3,(H,20,21)/t15-/m0/s1. The number of aromatic nitrogens is 2. The van der Waals surface area contributed by atoms with Crippen molar-refractivity contribution in [1.29, 1.82) is 0 Å². The maximum atomic E-state index is 12.0. The average Bonchev–Trinajstić information content (AvgIpc) is 3.02. The number of rotatable bonds is 4. The molecule has 6 heteroatoms. The predicted octanol–water partition coefficient (Wildman–Crippen LogP) is 3.36. The minimum absolute atomic E-state index is 0.0689. The Morgan fingerprint density at radius 2 is 1.91 bits per heavy atom. The first-order valence-corrected chi connectivity index (χ1v) is 8.44. The van der Waals surface area contributed by atoms with E-state index in [0.29, 0.717) is 6.61 Å². The van der Waals surface area contributed by atoms with Crippen LogP contribution in [0.4, 0.5) is 5.69 Å². The van der Waals surface area contributed by atoms with Gasteiger partial charge in [-0.15, -0.1) is 0 Å². The van der Waals surface area contributed by atoms with Crippen LogP contribution in [0.5, 0.6) is 0 Å². The molecule has 2 aromatic rings. The third kappa shape index (κ3) is 4.30. The van der Waals surface area contributed by atoms with Gasteiger partial charge in [0.25, 0.3) is 5.91 Å². The number of anilines is 1. The van der Waals surface area contributed by atoms with Gasteiger partial charge in [-0.2, -0.15) is 0 Å². The summed E-state index contributed by atoms with van der Waals surface area (Å²) in [6.45, 7) is 4.59. The molecule has 3 rings (SSSR count). The lowest BCUT2D eigenvalue weighted by atomic mass is 10.2. The van der Waals surface area contributed by atoms with Gasteiger partial charge in [0.05, 0.1) is 0 Å². The Hall–Kier alpha value is -1.92.